The lowest BCUT2D eigenvalue weighted by molar-refractivity contribution is 0.0893. The van der Waals surface area contributed by atoms with Crippen LogP contribution in [0.5, 0.6) is 0 Å². The van der Waals surface area contributed by atoms with Crippen LogP contribution in [0.1, 0.15) is 31.8 Å². The molecule has 0 aromatic heterocycles. The summed E-state index contributed by atoms with van der Waals surface area (Å²) in [7, 11) is 0. The third kappa shape index (κ3) is 3.85. The second-order valence-electron chi connectivity index (χ2n) is 11.9. The highest BCUT2D eigenvalue weighted by Gasteiger charge is 2.35. The Labute approximate surface area is 266 Å². The van der Waals surface area contributed by atoms with Crippen molar-refractivity contribution in [1.82, 2.24) is 0 Å². The lowest BCUT2D eigenvalue weighted by Gasteiger charge is -2.28. The second-order valence-corrected chi connectivity index (χ2v) is 11.9. The molecule has 9 rings (SSSR count). The van der Waals surface area contributed by atoms with Crippen LogP contribution in [0, 0.1) is 0 Å². The summed E-state index contributed by atoms with van der Waals surface area (Å²) in [6, 6.07) is 43.2. The fourth-order valence-corrected chi connectivity index (χ4v) is 7.39. The quantitative estimate of drug-likeness (QED) is 0.152. The summed E-state index contributed by atoms with van der Waals surface area (Å²) in [6.45, 7) is 0. The van der Waals surface area contributed by atoms with E-state index < -0.39 is 0 Å². The molecule has 216 valence electrons. The highest BCUT2D eigenvalue weighted by Crippen LogP contribution is 2.46. The van der Waals surface area contributed by atoms with Crippen molar-refractivity contribution < 1.29 is 9.59 Å². The zero-order chi connectivity index (χ0) is 30.8. The highest BCUT2D eigenvalue weighted by atomic mass is 16.2. The molecule has 2 amide bonds. The summed E-state index contributed by atoms with van der Waals surface area (Å²) in [6.07, 6.45) is 8.92. The second kappa shape index (κ2) is 10.3. The number of amides is 2. The molecule has 0 fully saturated rings. The number of hydrogen-bond acceptors (Lipinski definition) is 2. The van der Waals surface area contributed by atoms with Crippen molar-refractivity contribution in [3.63, 3.8) is 0 Å². The van der Waals surface area contributed by atoms with Gasteiger partial charge in [-0.1, -0.05) is 127 Å². The molecular weight excluding hydrogens is 562 g/mol. The Balaban J connectivity index is 1.28. The molecule has 0 saturated heterocycles. The van der Waals surface area contributed by atoms with Crippen molar-refractivity contribution in [2.45, 2.75) is 6.42 Å². The molecule has 0 unspecified atom stereocenters. The summed E-state index contributed by atoms with van der Waals surface area (Å²) in [4.78, 5) is 29.7. The van der Waals surface area contributed by atoms with E-state index in [1.807, 2.05) is 60.7 Å². The molecule has 1 aliphatic carbocycles. The lowest BCUT2D eigenvalue weighted by atomic mass is 9.83. The Bertz CT molecular complexity index is 2410. The van der Waals surface area contributed by atoms with Crippen LogP contribution in [-0.4, -0.2) is 11.8 Å². The van der Waals surface area contributed by atoms with E-state index in [0.29, 0.717) is 22.2 Å². The standard InChI is InChI=1S/C43H27NO2/c45-42-37-21-11-20-35-36(24-25-38(41(35)37)43(46)44(42)30-23-22-27-12-3-1-6-15-29(27)26-30)40-33-18-9-7-16-31(33)39(28-13-4-2-5-14-28)32-17-8-10-19-34(32)40/h1-14,16-26H,15H2. The fraction of sp³-hybridized carbons (Fsp3) is 0.0233. The number of carbonyl (C=O) groups is 2. The minimum atomic E-state index is -0.297. The first-order valence-corrected chi connectivity index (χ1v) is 15.6. The zero-order valence-corrected chi connectivity index (χ0v) is 24.9. The number of rotatable bonds is 3. The normalized spacial score (nSPS) is 13.9. The number of fused-ring (bicyclic) bond motifs is 3. The SMILES string of the molecule is O=C1c2cccc3c(-c4c5ccccc5c(-c5ccccc5)c5ccccc45)ccc(c23)C(=O)N1c1ccc2c(c1)CC=CC=C2. The van der Waals surface area contributed by atoms with Crippen LogP contribution in [0.15, 0.2) is 146 Å². The minimum absolute atomic E-state index is 0.297. The van der Waals surface area contributed by atoms with Gasteiger partial charge in [-0.2, -0.15) is 0 Å². The first kappa shape index (κ1) is 26.4. The summed E-state index contributed by atoms with van der Waals surface area (Å²) >= 11 is 0. The van der Waals surface area contributed by atoms with E-state index in [1.165, 1.54) is 16.0 Å². The van der Waals surface area contributed by atoms with Crippen molar-refractivity contribution in [2.75, 3.05) is 4.90 Å². The Hall–Kier alpha value is -6.06. The topological polar surface area (TPSA) is 37.4 Å². The van der Waals surface area contributed by atoms with E-state index in [2.05, 4.69) is 91.0 Å². The number of benzene rings is 7. The van der Waals surface area contributed by atoms with E-state index >= 15 is 0 Å². The molecule has 3 heteroatoms. The Kier molecular flexibility index (Phi) is 5.87. The fourth-order valence-electron chi connectivity index (χ4n) is 7.39. The number of carbonyl (C=O) groups excluding carboxylic acids is 2. The summed E-state index contributed by atoms with van der Waals surface area (Å²) in [5.74, 6) is -0.594. The number of allylic oxidation sites excluding steroid dienone is 3. The molecule has 0 atom stereocenters. The molecule has 0 bridgehead atoms. The van der Waals surface area contributed by atoms with Gasteiger partial charge in [-0.05, 0) is 91.0 Å². The maximum Gasteiger partial charge on any atom is 0.265 e. The van der Waals surface area contributed by atoms with Crippen LogP contribution < -0.4 is 4.90 Å². The van der Waals surface area contributed by atoms with Crippen molar-refractivity contribution >= 4 is 55.9 Å². The van der Waals surface area contributed by atoms with Gasteiger partial charge in [-0.15, -0.1) is 0 Å². The van der Waals surface area contributed by atoms with Crippen LogP contribution in [0.4, 0.5) is 5.69 Å². The molecule has 1 heterocycles. The van der Waals surface area contributed by atoms with Crippen LogP contribution in [0.3, 0.4) is 0 Å². The van der Waals surface area contributed by atoms with Gasteiger partial charge in [0.25, 0.3) is 11.8 Å². The van der Waals surface area contributed by atoms with Crippen molar-refractivity contribution in [2.24, 2.45) is 0 Å². The first-order valence-electron chi connectivity index (χ1n) is 15.6. The highest BCUT2D eigenvalue weighted by molar-refractivity contribution is 6.37. The summed E-state index contributed by atoms with van der Waals surface area (Å²) in [5.41, 5.74) is 8.32. The molecule has 0 spiro atoms. The van der Waals surface area contributed by atoms with Crippen molar-refractivity contribution in [3.8, 4) is 22.3 Å². The van der Waals surface area contributed by atoms with Crippen molar-refractivity contribution in [1.29, 1.82) is 0 Å². The van der Waals surface area contributed by atoms with Gasteiger partial charge in [0, 0.05) is 16.5 Å². The summed E-state index contributed by atoms with van der Waals surface area (Å²) in [5, 5.41) is 6.19. The molecule has 2 aliphatic rings. The van der Waals surface area contributed by atoms with Gasteiger partial charge in [0.2, 0.25) is 0 Å². The monoisotopic (exact) mass is 589 g/mol. The number of hydrogen-bond donors (Lipinski definition) is 0. The maximum absolute atomic E-state index is 14.2. The third-order valence-electron chi connectivity index (χ3n) is 9.42. The predicted molar refractivity (Wildman–Crippen MR) is 189 cm³/mol. The Morgan fingerprint density at radius 1 is 0.500 bits per heavy atom. The molecule has 7 aromatic carbocycles. The van der Waals surface area contributed by atoms with E-state index in [9.17, 15) is 9.59 Å². The zero-order valence-electron chi connectivity index (χ0n) is 24.9. The molecule has 0 N–H and O–H groups in total. The smallest absolute Gasteiger partial charge is 0.265 e. The van der Waals surface area contributed by atoms with Gasteiger partial charge in [-0.3, -0.25) is 9.59 Å². The lowest BCUT2D eigenvalue weighted by Crippen LogP contribution is -2.40. The molecule has 7 aromatic rings. The van der Waals surface area contributed by atoms with Crippen molar-refractivity contribution in [3.05, 3.63) is 168 Å². The maximum atomic E-state index is 14.2. The van der Waals surface area contributed by atoms with E-state index in [0.717, 1.165) is 55.6 Å². The molecule has 0 radical (unpaired) electrons. The Morgan fingerprint density at radius 3 is 1.83 bits per heavy atom. The minimum Gasteiger partial charge on any atom is -0.268 e. The molecule has 0 saturated carbocycles. The number of anilines is 1. The van der Waals surface area contributed by atoms with Gasteiger partial charge in [0.1, 0.15) is 0 Å². The average Bonchev–Trinajstić information content (AvgIpc) is 3.35. The van der Waals surface area contributed by atoms with Gasteiger partial charge in [0.15, 0.2) is 0 Å². The number of imide groups is 1. The van der Waals surface area contributed by atoms with E-state index in [-0.39, 0.29) is 11.8 Å². The number of nitrogens with zero attached hydrogens (tertiary/aromatic N) is 1. The summed E-state index contributed by atoms with van der Waals surface area (Å²) < 4.78 is 0. The average molecular weight is 590 g/mol. The van der Waals surface area contributed by atoms with E-state index in [1.54, 1.807) is 0 Å². The van der Waals surface area contributed by atoms with Gasteiger partial charge in [-0.25, -0.2) is 4.90 Å². The van der Waals surface area contributed by atoms with Crippen LogP contribution in [0.25, 0.3) is 60.6 Å². The Morgan fingerprint density at radius 2 is 1.11 bits per heavy atom. The van der Waals surface area contributed by atoms with Gasteiger partial charge < -0.3 is 0 Å². The van der Waals surface area contributed by atoms with Crippen LogP contribution >= 0.6 is 0 Å². The van der Waals surface area contributed by atoms with E-state index in [4.69, 9.17) is 0 Å². The van der Waals surface area contributed by atoms with Crippen LogP contribution in [-0.2, 0) is 6.42 Å². The molecule has 1 aliphatic heterocycles. The van der Waals surface area contributed by atoms with Crippen LogP contribution in [0.2, 0.25) is 0 Å². The van der Waals surface area contributed by atoms with Gasteiger partial charge >= 0.3 is 0 Å². The predicted octanol–water partition coefficient (Wildman–Crippen LogP) is 10.4. The molecular formula is C43H27NO2. The molecule has 3 nitrogen and oxygen atoms in total. The third-order valence-corrected chi connectivity index (χ3v) is 9.42. The first-order chi connectivity index (χ1) is 22.7. The molecule has 46 heavy (non-hydrogen) atoms. The van der Waals surface area contributed by atoms with Gasteiger partial charge in [0.05, 0.1) is 5.69 Å². The largest absolute Gasteiger partial charge is 0.268 e.